The van der Waals surface area contributed by atoms with Crippen LogP contribution in [0, 0.1) is 6.92 Å². The molecule has 0 bridgehead atoms. The predicted octanol–water partition coefficient (Wildman–Crippen LogP) is 4.22. The van der Waals surface area contributed by atoms with Crippen LogP contribution in [0.3, 0.4) is 0 Å². The first-order valence-corrected chi connectivity index (χ1v) is 11.2. The lowest BCUT2D eigenvalue weighted by molar-refractivity contribution is -0.131. The fourth-order valence-corrected chi connectivity index (χ4v) is 3.86. The first kappa shape index (κ1) is 23.0. The first-order valence-electron chi connectivity index (χ1n) is 10.4. The van der Waals surface area contributed by atoms with E-state index >= 15 is 0 Å². The molecule has 31 heavy (non-hydrogen) atoms. The first-order chi connectivity index (χ1) is 14.9. The monoisotopic (exact) mass is 458 g/mol. The van der Waals surface area contributed by atoms with Crippen LogP contribution >= 0.6 is 23.8 Å². The number of carbonyl (C=O) groups is 2. The summed E-state index contributed by atoms with van der Waals surface area (Å²) in [6.07, 6.45) is 1.44. The minimum atomic E-state index is -0.274. The molecule has 2 aromatic carbocycles. The van der Waals surface area contributed by atoms with Crippen LogP contribution in [0.2, 0.25) is 5.02 Å². The highest BCUT2D eigenvalue weighted by Gasteiger charge is 2.22. The molecule has 2 N–H and O–H groups in total. The van der Waals surface area contributed by atoms with Gasteiger partial charge >= 0.3 is 0 Å². The maximum Gasteiger partial charge on any atom is 0.257 e. The van der Waals surface area contributed by atoms with Gasteiger partial charge in [0.05, 0.1) is 11.4 Å². The van der Waals surface area contributed by atoms with E-state index in [0.717, 1.165) is 23.4 Å². The van der Waals surface area contributed by atoms with E-state index in [1.54, 1.807) is 18.2 Å². The number of anilines is 2. The molecule has 0 unspecified atom stereocenters. The Labute approximate surface area is 193 Å². The number of thiocarbonyl (C=S) groups is 1. The third-order valence-corrected chi connectivity index (χ3v) is 5.62. The third kappa shape index (κ3) is 6.18. The summed E-state index contributed by atoms with van der Waals surface area (Å²) >= 11 is 11.6. The number of nitrogens with zero attached hydrogens (tertiary/aromatic N) is 2. The zero-order chi connectivity index (χ0) is 22.4. The summed E-state index contributed by atoms with van der Waals surface area (Å²) in [5, 5.41) is 6.59. The minimum Gasteiger partial charge on any atom is -0.366 e. The summed E-state index contributed by atoms with van der Waals surface area (Å²) in [5.41, 5.74) is 3.26. The fourth-order valence-electron chi connectivity index (χ4n) is 3.49. The molecule has 0 aromatic heterocycles. The van der Waals surface area contributed by atoms with Crippen molar-refractivity contribution in [1.29, 1.82) is 0 Å². The van der Waals surface area contributed by atoms with Crippen molar-refractivity contribution in [3.63, 3.8) is 0 Å². The van der Waals surface area contributed by atoms with Crippen LogP contribution in [0.15, 0.2) is 42.5 Å². The number of aryl methyl sites for hydroxylation is 1. The second kappa shape index (κ2) is 10.6. The number of carbonyl (C=O) groups excluding carboxylic acids is 2. The Bertz CT molecular complexity index is 957. The standard InChI is InChI=1S/C23H27ClN4O2S/c1-3-4-21(29)28-13-11-27(12-14-28)20-10-9-18(24)15-19(20)25-23(31)26-22(30)17-7-5-16(2)6-8-17/h5-10,15H,3-4,11-14H2,1-2H3,(H2,25,26,30,31). The van der Waals surface area contributed by atoms with Gasteiger partial charge in [0.1, 0.15) is 0 Å². The molecule has 0 saturated carbocycles. The zero-order valence-corrected chi connectivity index (χ0v) is 19.4. The Balaban J connectivity index is 1.66. The van der Waals surface area contributed by atoms with Gasteiger partial charge < -0.3 is 15.1 Å². The maximum atomic E-state index is 12.5. The van der Waals surface area contributed by atoms with Gasteiger partial charge in [0.25, 0.3) is 5.91 Å². The predicted molar refractivity (Wildman–Crippen MR) is 130 cm³/mol. The second-order valence-corrected chi connectivity index (χ2v) is 8.40. The Morgan fingerprint density at radius 3 is 2.39 bits per heavy atom. The van der Waals surface area contributed by atoms with E-state index in [-0.39, 0.29) is 16.9 Å². The molecule has 0 atom stereocenters. The van der Waals surface area contributed by atoms with E-state index in [0.29, 0.717) is 43.2 Å². The van der Waals surface area contributed by atoms with Gasteiger partial charge in [-0.25, -0.2) is 0 Å². The van der Waals surface area contributed by atoms with E-state index in [4.69, 9.17) is 23.8 Å². The Hall–Kier alpha value is -2.64. The van der Waals surface area contributed by atoms with Crippen molar-refractivity contribution in [3.05, 3.63) is 58.6 Å². The summed E-state index contributed by atoms with van der Waals surface area (Å²) in [6, 6.07) is 12.8. The largest absolute Gasteiger partial charge is 0.366 e. The quantitative estimate of drug-likeness (QED) is 0.656. The van der Waals surface area contributed by atoms with Gasteiger partial charge in [-0.3, -0.25) is 14.9 Å². The summed E-state index contributed by atoms with van der Waals surface area (Å²) < 4.78 is 0. The second-order valence-electron chi connectivity index (χ2n) is 7.55. The highest BCUT2D eigenvalue weighted by molar-refractivity contribution is 7.80. The molecule has 8 heteroatoms. The topological polar surface area (TPSA) is 64.7 Å². The van der Waals surface area contributed by atoms with Crippen molar-refractivity contribution in [2.24, 2.45) is 0 Å². The summed E-state index contributed by atoms with van der Waals surface area (Å²) in [4.78, 5) is 28.7. The number of rotatable bonds is 5. The molecule has 2 aromatic rings. The van der Waals surface area contributed by atoms with Crippen LogP contribution in [0.25, 0.3) is 0 Å². The van der Waals surface area contributed by atoms with Crippen molar-refractivity contribution in [2.75, 3.05) is 36.4 Å². The van der Waals surface area contributed by atoms with Gasteiger partial charge in [0.2, 0.25) is 5.91 Å². The lowest BCUT2D eigenvalue weighted by atomic mass is 10.1. The lowest BCUT2D eigenvalue weighted by Crippen LogP contribution is -2.49. The number of amides is 2. The third-order valence-electron chi connectivity index (χ3n) is 5.18. The fraction of sp³-hybridized carbons (Fsp3) is 0.348. The SMILES string of the molecule is CCCC(=O)N1CCN(c2ccc(Cl)cc2NC(=S)NC(=O)c2ccc(C)cc2)CC1. The van der Waals surface area contributed by atoms with Gasteiger partial charge in [0.15, 0.2) is 5.11 Å². The van der Waals surface area contributed by atoms with Crippen LogP contribution < -0.4 is 15.5 Å². The van der Waals surface area contributed by atoms with Crippen molar-refractivity contribution in [3.8, 4) is 0 Å². The summed E-state index contributed by atoms with van der Waals surface area (Å²) in [6.45, 7) is 6.77. The van der Waals surface area contributed by atoms with Crippen molar-refractivity contribution < 1.29 is 9.59 Å². The average molecular weight is 459 g/mol. The molecule has 2 amide bonds. The highest BCUT2D eigenvalue weighted by atomic mass is 35.5. The van der Waals surface area contributed by atoms with E-state index < -0.39 is 0 Å². The number of hydrogen-bond acceptors (Lipinski definition) is 4. The van der Waals surface area contributed by atoms with Gasteiger partial charge in [-0.1, -0.05) is 36.2 Å². The zero-order valence-electron chi connectivity index (χ0n) is 17.8. The van der Waals surface area contributed by atoms with E-state index in [2.05, 4.69) is 15.5 Å². The molecule has 1 fully saturated rings. The van der Waals surface area contributed by atoms with Gasteiger partial charge in [-0.2, -0.15) is 0 Å². The molecule has 0 aliphatic carbocycles. The molecule has 1 saturated heterocycles. The highest BCUT2D eigenvalue weighted by Crippen LogP contribution is 2.30. The number of halogens is 1. The Kier molecular flexibility index (Phi) is 7.87. The summed E-state index contributed by atoms with van der Waals surface area (Å²) in [5.74, 6) is -0.0688. The lowest BCUT2D eigenvalue weighted by Gasteiger charge is -2.37. The van der Waals surface area contributed by atoms with Crippen LogP contribution in [0.1, 0.15) is 35.7 Å². The van der Waals surface area contributed by atoms with Gasteiger partial charge in [-0.05, 0) is 55.9 Å². The van der Waals surface area contributed by atoms with E-state index in [1.807, 2.05) is 43.0 Å². The number of piperazine rings is 1. The molecule has 164 valence electrons. The average Bonchev–Trinajstić information content (AvgIpc) is 2.74. The number of hydrogen-bond donors (Lipinski definition) is 2. The number of nitrogens with one attached hydrogen (secondary N) is 2. The number of benzene rings is 2. The molecule has 3 rings (SSSR count). The molecule has 0 radical (unpaired) electrons. The molecule has 6 nitrogen and oxygen atoms in total. The van der Waals surface area contributed by atoms with Crippen molar-refractivity contribution >= 4 is 52.1 Å². The molecular formula is C23H27ClN4O2S. The molecular weight excluding hydrogens is 432 g/mol. The molecule has 0 spiro atoms. The minimum absolute atomic E-state index is 0.200. The van der Waals surface area contributed by atoms with Crippen LogP contribution in [-0.4, -0.2) is 48.0 Å². The normalized spacial score (nSPS) is 13.6. The summed E-state index contributed by atoms with van der Waals surface area (Å²) in [7, 11) is 0. The molecule has 1 heterocycles. The van der Waals surface area contributed by atoms with E-state index in [9.17, 15) is 9.59 Å². The molecule has 1 aliphatic rings. The Morgan fingerprint density at radius 1 is 1.06 bits per heavy atom. The van der Waals surface area contributed by atoms with Crippen molar-refractivity contribution in [1.82, 2.24) is 10.2 Å². The van der Waals surface area contributed by atoms with Crippen molar-refractivity contribution in [2.45, 2.75) is 26.7 Å². The molecule has 1 aliphatic heterocycles. The van der Waals surface area contributed by atoms with E-state index in [1.165, 1.54) is 0 Å². The maximum absolute atomic E-state index is 12.5. The Morgan fingerprint density at radius 2 is 1.74 bits per heavy atom. The van der Waals surface area contributed by atoms with Gasteiger partial charge in [0, 0.05) is 43.2 Å². The van der Waals surface area contributed by atoms with Crippen LogP contribution in [0.4, 0.5) is 11.4 Å². The van der Waals surface area contributed by atoms with Crippen LogP contribution in [0.5, 0.6) is 0 Å². The van der Waals surface area contributed by atoms with Crippen LogP contribution in [-0.2, 0) is 4.79 Å². The van der Waals surface area contributed by atoms with Gasteiger partial charge in [-0.15, -0.1) is 0 Å². The smallest absolute Gasteiger partial charge is 0.257 e.